The molecule has 0 fully saturated rings. The van der Waals surface area contributed by atoms with Crippen LogP contribution in [0.15, 0.2) is 12.1 Å². The van der Waals surface area contributed by atoms with Gasteiger partial charge in [0.15, 0.2) is 0 Å². The molecule has 1 aromatic carbocycles. The molecule has 12 heavy (non-hydrogen) atoms. The molecule has 0 amide bonds. The van der Waals surface area contributed by atoms with Crippen molar-refractivity contribution in [3.05, 3.63) is 34.2 Å². The summed E-state index contributed by atoms with van der Waals surface area (Å²) in [6.45, 7) is 6.29. The van der Waals surface area contributed by atoms with Crippen LogP contribution in [0.4, 0.5) is 5.69 Å². The first kappa shape index (κ1) is 9.07. The Morgan fingerprint density at radius 1 is 1.08 bits per heavy atom. The average molecular weight is 163 g/mol. The zero-order chi connectivity index (χ0) is 9.14. The van der Waals surface area contributed by atoms with Gasteiger partial charge in [0.1, 0.15) is 0 Å². The fourth-order valence-corrected chi connectivity index (χ4v) is 1.47. The molecule has 1 rings (SSSR count). The second-order valence-electron chi connectivity index (χ2n) is 3.11. The molecule has 0 aliphatic heterocycles. The van der Waals surface area contributed by atoms with Crippen LogP contribution < -0.4 is 5.43 Å². The van der Waals surface area contributed by atoms with Crippen LogP contribution in [-0.2, 0) is 0 Å². The summed E-state index contributed by atoms with van der Waals surface area (Å²) in [4.78, 5) is 0. The lowest BCUT2D eigenvalue weighted by atomic mass is 10.1. The molecule has 0 unspecified atom stereocenters. The molecule has 2 heteroatoms. The minimum absolute atomic E-state index is 1.13. The summed E-state index contributed by atoms with van der Waals surface area (Å²) < 4.78 is 0. The summed E-state index contributed by atoms with van der Waals surface area (Å²) in [5.74, 6) is 0. The van der Waals surface area contributed by atoms with Crippen molar-refractivity contribution in [3.8, 4) is 0 Å². The van der Waals surface area contributed by atoms with Gasteiger partial charge in [-0.15, -0.1) is 7.05 Å². The summed E-state index contributed by atoms with van der Waals surface area (Å²) in [6, 6.07) is 4.31. The predicted octanol–water partition coefficient (Wildman–Crippen LogP) is 2.94. The minimum Gasteiger partial charge on any atom is -0.574 e. The normalized spacial score (nSPS) is 10.0. The standard InChI is InChI=1S/C10H15N2/c1-7-5-8(2)10(12-11-4)9(3)6-7/h5-6,12H,1-4H3/q-1. The van der Waals surface area contributed by atoms with E-state index in [4.69, 9.17) is 0 Å². The van der Waals surface area contributed by atoms with E-state index in [2.05, 4.69) is 43.8 Å². The minimum atomic E-state index is 1.13. The van der Waals surface area contributed by atoms with Crippen LogP contribution in [-0.4, -0.2) is 7.05 Å². The van der Waals surface area contributed by atoms with Crippen LogP contribution in [0.3, 0.4) is 0 Å². The van der Waals surface area contributed by atoms with Gasteiger partial charge in [0.2, 0.25) is 0 Å². The van der Waals surface area contributed by atoms with Crippen molar-refractivity contribution in [1.29, 1.82) is 0 Å². The maximum absolute atomic E-state index is 3.91. The van der Waals surface area contributed by atoms with E-state index in [9.17, 15) is 0 Å². The van der Waals surface area contributed by atoms with E-state index in [0.717, 1.165) is 5.69 Å². The molecular formula is C10H15N2-. The predicted molar refractivity (Wildman–Crippen MR) is 53.6 cm³/mol. The molecule has 1 N–H and O–H groups in total. The Morgan fingerprint density at radius 2 is 1.58 bits per heavy atom. The Balaban J connectivity index is 3.10. The maximum atomic E-state index is 3.91. The quantitative estimate of drug-likeness (QED) is 0.666. The van der Waals surface area contributed by atoms with E-state index >= 15 is 0 Å². The number of rotatable bonds is 2. The Hall–Kier alpha value is -1.02. The number of anilines is 1. The van der Waals surface area contributed by atoms with E-state index < -0.39 is 0 Å². The average Bonchev–Trinajstić information content (AvgIpc) is 1.96. The lowest BCUT2D eigenvalue weighted by molar-refractivity contribution is 1.29. The summed E-state index contributed by atoms with van der Waals surface area (Å²) in [7, 11) is 1.75. The summed E-state index contributed by atoms with van der Waals surface area (Å²) in [5, 5.41) is 0. The Bertz CT molecular complexity index is 256. The van der Waals surface area contributed by atoms with Gasteiger partial charge in [-0.3, -0.25) is 0 Å². The van der Waals surface area contributed by atoms with Gasteiger partial charge in [-0.25, -0.2) is 0 Å². The van der Waals surface area contributed by atoms with Gasteiger partial charge in [-0.05, 0) is 31.9 Å². The van der Waals surface area contributed by atoms with Crippen LogP contribution in [0.25, 0.3) is 5.43 Å². The highest BCUT2D eigenvalue weighted by Crippen LogP contribution is 2.22. The molecule has 0 radical (unpaired) electrons. The van der Waals surface area contributed by atoms with Crippen LogP contribution in [0.1, 0.15) is 16.7 Å². The Morgan fingerprint density at radius 3 is 2.00 bits per heavy atom. The Labute approximate surface area is 74.0 Å². The highest BCUT2D eigenvalue weighted by molar-refractivity contribution is 5.59. The monoisotopic (exact) mass is 163 g/mol. The zero-order valence-electron chi connectivity index (χ0n) is 8.10. The number of aryl methyl sites for hydroxylation is 3. The van der Waals surface area contributed by atoms with Crippen molar-refractivity contribution in [3.63, 3.8) is 0 Å². The van der Waals surface area contributed by atoms with Gasteiger partial charge < -0.3 is 10.9 Å². The zero-order valence-corrected chi connectivity index (χ0v) is 8.10. The van der Waals surface area contributed by atoms with Crippen LogP contribution in [0.2, 0.25) is 0 Å². The summed E-state index contributed by atoms with van der Waals surface area (Å²) in [6.07, 6.45) is 0. The molecule has 0 aliphatic carbocycles. The van der Waals surface area contributed by atoms with Gasteiger partial charge in [-0.2, -0.15) is 0 Å². The first-order valence-corrected chi connectivity index (χ1v) is 4.08. The van der Waals surface area contributed by atoms with Crippen molar-refractivity contribution >= 4 is 5.69 Å². The smallest absolute Gasteiger partial charge is 0.0230 e. The molecule has 0 saturated carbocycles. The highest BCUT2D eigenvalue weighted by atomic mass is 15.3. The second kappa shape index (κ2) is 3.59. The fraction of sp³-hybridized carbons (Fsp3) is 0.400. The van der Waals surface area contributed by atoms with Gasteiger partial charge in [0.05, 0.1) is 0 Å². The maximum Gasteiger partial charge on any atom is 0.0230 e. The number of hydrogen-bond donors (Lipinski definition) is 1. The SMILES string of the molecule is C[N-]Nc1c(C)cc(C)cc1C. The number of nitrogens with one attached hydrogen (secondary N) is 1. The van der Waals surface area contributed by atoms with Crippen molar-refractivity contribution in [2.45, 2.75) is 20.8 Å². The third kappa shape index (κ3) is 1.77. The van der Waals surface area contributed by atoms with Crippen LogP contribution in [0, 0.1) is 20.8 Å². The van der Waals surface area contributed by atoms with E-state index in [1.807, 2.05) is 0 Å². The van der Waals surface area contributed by atoms with E-state index in [1.165, 1.54) is 16.7 Å². The summed E-state index contributed by atoms with van der Waals surface area (Å²) >= 11 is 0. The molecule has 2 nitrogen and oxygen atoms in total. The molecule has 0 aliphatic rings. The third-order valence-electron chi connectivity index (χ3n) is 1.90. The van der Waals surface area contributed by atoms with Crippen molar-refractivity contribution in [2.24, 2.45) is 0 Å². The lowest BCUT2D eigenvalue weighted by Crippen LogP contribution is -1.96. The lowest BCUT2D eigenvalue weighted by Gasteiger charge is -2.21. The molecule has 0 bridgehead atoms. The van der Waals surface area contributed by atoms with Gasteiger partial charge in [0.25, 0.3) is 0 Å². The topological polar surface area (TPSA) is 26.1 Å². The Kier molecular flexibility index (Phi) is 2.71. The molecule has 0 saturated heterocycles. The summed E-state index contributed by atoms with van der Waals surface area (Å²) in [5.41, 5.74) is 11.8. The van der Waals surface area contributed by atoms with Crippen LogP contribution in [0.5, 0.6) is 0 Å². The van der Waals surface area contributed by atoms with E-state index in [-0.39, 0.29) is 0 Å². The van der Waals surface area contributed by atoms with Gasteiger partial charge >= 0.3 is 0 Å². The number of hydrogen-bond acceptors (Lipinski definition) is 1. The van der Waals surface area contributed by atoms with E-state index in [1.54, 1.807) is 7.05 Å². The number of benzene rings is 1. The number of nitrogens with zero attached hydrogens (tertiary/aromatic N) is 1. The molecule has 0 heterocycles. The molecule has 1 aromatic rings. The molecule has 0 atom stereocenters. The molecule has 0 spiro atoms. The van der Waals surface area contributed by atoms with Crippen molar-refractivity contribution in [2.75, 3.05) is 12.5 Å². The third-order valence-corrected chi connectivity index (χ3v) is 1.90. The van der Waals surface area contributed by atoms with Gasteiger partial charge in [-0.1, -0.05) is 17.7 Å². The molecule has 66 valence electrons. The van der Waals surface area contributed by atoms with Crippen LogP contribution >= 0.6 is 0 Å². The first-order valence-electron chi connectivity index (χ1n) is 4.08. The van der Waals surface area contributed by atoms with Gasteiger partial charge in [0, 0.05) is 5.69 Å². The second-order valence-corrected chi connectivity index (χ2v) is 3.11. The van der Waals surface area contributed by atoms with Crippen molar-refractivity contribution in [1.82, 2.24) is 0 Å². The largest absolute Gasteiger partial charge is 0.574 e. The molecular weight excluding hydrogens is 148 g/mol. The van der Waals surface area contributed by atoms with Crippen molar-refractivity contribution < 1.29 is 0 Å². The van der Waals surface area contributed by atoms with E-state index in [0.29, 0.717) is 0 Å². The first-order chi connectivity index (χ1) is 5.65. The highest BCUT2D eigenvalue weighted by Gasteiger charge is 1.98. The molecule has 0 aromatic heterocycles. The fourth-order valence-electron chi connectivity index (χ4n) is 1.47.